The predicted octanol–water partition coefficient (Wildman–Crippen LogP) is 4.82. The topological polar surface area (TPSA) is 110 Å². The number of fused-ring (bicyclic) bond motifs is 1. The van der Waals surface area contributed by atoms with Crippen LogP contribution < -0.4 is 15.4 Å². The van der Waals surface area contributed by atoms with E-state index in [9.17, 15) is 14.4 Å². The number of nitrogens with one attached hydrogen (secondary N) is 2. The molecule has 2 N–H and O–H groups in total. The van der Waals surface area contributed by atoms with Crippen LogP contribution in [0.2, 0.25) is 0 Å². The van der Waals surface area contributed by atoms with E-state index in [1.165, 1.54) is 25.2 Å². The number of Topliss-reactive ketones (excluding diaryl/α,β-unsaturated/α-hetero) is 1. The second kappa shape index (κ2) is 9.70. The second-order valence-corrected chi connectivity index (χ2v) is 10.9. The average molecular weight is 519 g/mol. The standard InChI is InChI=1S/C28H30N4O4S/c1-5-19-13-28(19,16(3)33)32-26(35)18-7-8-20(11-18)36-25-12-23(24-14-37-27(31-24)29-17(4)34)30-22-10-15(2)6-9-21(22)25/h5-6,9-10,12,14,18-20H,1,7-8,11,13H2,2-4H3,(H,32,35)(H,29,31,34)/t18-,19-,20-,28-/m0/s1. The molecule has 2 amide bonds. The van der Waals surface area contributed by atoms with E-state index in [-0.39, 0.29) is 35.5 Å². The molecule has 2 heterocycles. The number of aryl methyl sites for hydroxylation is 1. The summed E-state index contributed by atoms with van der Waals surface area (Å²) in [7, 11) is 0. The SMILES string of the molecule is C=C[C@H]1C[C@]1(NC(=O)[C@H]1CC[C@H](Oc2cc(-c3csc(NC(C)=O)n3)nc3cc(C)ccc23)C1)C(C)=O. The Balaban J connectivity index is 1.35. The van der Waals surface area contributed by atoms with Crippen molar-refractivity contribution in [2.45, 2.75) is 58.1 Å². The smallest absolute Gasteiger partial charge is 0.224 e. The second-order valence-electron chi connectivity index (χ2n) is 10.1. The summed E-state index contributed by atoms with van der Waals surface area (Å²) >= 11 is 1.34. The molecule has 3 aromatic rings. The van der Waals surface area contributed by atoms with Crippen molar-refractivity contribution in [1.82, 2.24) is 15.3 Å². The summed E-state index contributed by atoms with van der Waals surface area (Å²) in [4.78, 5) is 45.9. The fourth-order valence-electron chi connectivity index (χ4n) is 5.13. The van der Waals surface area contributed by atoms with Gasteiger partial charge in [0, 0.05) is 35.6 Å². The van der Waals surface area contributed by atoms with Gasteiger partial charge in [-0.3, -0.25) is 14.4 Å². The molecule has 0 radical (unpaired) electrons. The van der Waals surface area contributed by atoms with E-state index in [1.807, 2.05) is 36.6 Å². The third-order valence-corrected chi connectivity index (χ3v) is 8.06. The molecule has 0 unspecified atom stereocenters. The van der Waals surface area contributed by atoms with Crippen molar-refractivity contribution in [2.24, 2.45) is 11.8 Å². The zero-order valence-corrected chi connectivity index (χ0v) is 22.0. The number of hydrogen-bond acceptors (Lipinski definition) is 7. The molecule has 9 heteroatoms. The molecule has 2 aliphatic carbocycles. The molecule has 192 valence electrons. The third-order valence-electron chi connectivity index (χ3n) is 7.30. The van der Waals surface area contributed by atoms with E-state index in [0.29, 0.717) is 41.5 Å². The van der Waals surface area contributed by atoms with Crippen LogP contribution in [0.4, 0.5) is 5.13 Å². The molecular formula is C28H30N4O4S. The number of pyridine rings is 1. The van der Waals surface area contributed by atoms with Gasteiger partial charge in [-0.15, -0.1) is 17.9 Å². The van der Waals surface area contributed by atoms with Crippen LogP contribution in [0.15, 0.2) is 42.3 Å². The first kappa shape index (κ1) is 25.1. The van der Waals surface area contributed by atoms with E-state index in [0.717, 1.165) is 22.9 Å². The minimum atomic E-state index is -0.782. The van der Waals surface area contributed by atoms with Gasteiger partial charge in [0.1, 0.15) is 17.0 Å². The number of aromatic nitrogens is 2. The van der Waals surface area contributed by atoms with E-state index < -0.39 is 5.54 Å². The van der Waals surface area contributed by atoms with Crippen molar-refractivity contribution in [3.63, 3.8) is 0 Å². The minimum absolute atomic E-state index is 0.00402. The highest BCUT2D eigenvalue weighted by Crippen LogP contribution is 2.46. The van der Waals surface area contributed by atoms with Gasteiger partial charge in [0.25, 0.3) is 0 Å². The summed E-state index contributed by atoms with van der Waals surface area (Å²) in [5, 5.41) is 8.98. The van der Waals surface area contributed by atoms with Crippen molar-refractivity contribution in [3.8, 4) is 17.1 Å². The van der Waals surface area contributed by atoms with E-state index >= 15 is 0 Å². The van der Waals surface area contributed by atoms with Gasteiger partial charge in [0.05, 0.1) is 17.3 Å². The number of rotatable bonds is 8. The van der Waals surface area contributed by atoms with Crippen LogP contribution in [0.5, 0.6) is 5.75 Å². The fourth-order valence-corrected chi connectivity index (χ4v) is 5.88. The number of ether oxygens (including phenoxy) is 1. The summed E-state index contributed by atoms with van der Waals surface area (Å²) in [5.74, 6) is 0.197. The molecule has 0 saturated heterocycles. The van der Waals surface area contributed by atoms with Crippen molar-refractivity contribution in [1.29, 1.82) is 0 Å². The van der Waals surface area contributed by atoms with E-state index in [2.05, 4.69) is 22.2 Å². The number of carbonyl (C=O) groups excluding carboxylic acids is 3. The highest BCUT2D eigenvalue weighted by molar-refractivity contribution is 7.14. The summed E-state index contributed by atoms with van der Waals surface area (Å²) in [6.45, 7) is 8.77. The van der Waals surface area contributed by atoms with Gasteiger partial charge in [0.15, 0.2) is 10.9 Å². The first-order valence-electron chi connectivity index (χ1n) is 12.5. The summed E-state index contributed by atoms with van der Waals surface area (Å²) in [5.41, 5.74) is 2.40. The van der Waals surface area contributed by atoms with Gasteiger partial charge in [-0.25, -0.2) is 9.97 Å². The Kier molecular flexibility index (Phi) is 6.58. The largest absolute Gasteiger partial charge is 0.490 e. The lowest BCUT2D eigenvalue weighted by Crippen LogP contribution is -2.46. The summed E-state index contributed by atoms with van der Waals surface area (Å²) < 4.78 is 6.48. The molecule has 0 aliphatic heterocycles. The molecule has 1 aromatic carbocycles. The van der Waals surface area contributed by atoms with Gasteiger partial charge in [-0.05, 0) is 57.2 Å². The maximum Gasteiger partial charge on any atom is 0.224 e. The number of amides is 2. The van der Waals surface area contributed by atoms with Crippen LogP contribution in [0.25, 0.3) is 22.3 Å². The fraction of sp³-hybridized carbons (Fsp3) is 0.393. The van der Waals surface area contributed by atoms with Crippen molar-refractivity contribution in [2.75, 3.05) is 5.32 Å². The van der Waals surface area contributed by atoms with Crippen molar-refractivity contribution < 1.29 is 19.1 Å². The summed E-state index contributed by atoms with van der Waals surface area (Å²) in [6, 6.07) is 7.90. The van der Waals surface area contributed by atoms with Gasteiger partial charge in [-0.2, -0.15) is 0 Å². The number of nitrogens with zero attached hydrogens (tertiary/aromatic N) is 2. The number of carbonyl (C=O) groups is 3. The molecular weight excluding hydrogens is 488 g/mol. The maximum absolute atomic E-state index is 13.0. The first-order valence-corrected chi connectivity index (χ1v) is 13.3. The molecule has 2 aromatic heterocycles. The molecule has 37 heavy (non-hydrogen) atoms. The molecule has 2 fully saturated rings. The van der Waals surface area contributed by atoms with Crippen molar-refractivity contribution >= 4 is 45.0 Å². The van der Waals surface area contributed by atoms with E-state index in [1.54, 1.807) is 6.08 Å². The Morgan fingerprint density at radius 1 is 1.16 bits per heavy atom. The van der Waals surface area contributed by atoms with Gasteiger partial charge >= 0.3 is 0 Å². The van der Waals surface area contributed by atoms with Crippen LogP contribution in [0.1, 0.15) is 45.1 Å². The van der Waals surface area contributed by atoms with Crippen LogP contribution in [-0.2, 0) is 14.4 Å². The summed E-state index contributed by atoms with van der Waals surface area (Å²) in [6.07, 6.45) is 4.25. The Labute approximate surface area is 219 Å². The number of thiazole rings is 1. The first-order chi connectivity index (χ1) is 17.7. The predicted molar refractivity (Wildman–Crippen MR) is 144 cm³/mol. The third kappa shape index (κ3) is 5.00. The minimum Gasteiger partial charge on any atom is -0.490 e. The molecule has 0 bridgehead atoms. The highest BCUT2D eigenvalue weighted by atomic mass is 32.1. The number of hydrogen-bond donors (Lipinski definition) is 2. The number of anilines is 1. The number of benzene rings is 1. The normalized spacial score (nSPS) is 24.5. The Morgan fingerprint density at radius 2 is 1.97 bits per heavy atom. The Bertz CT molecular complexity index is 1420. The van der Waals surface area contributed by atoms with Gasteiger partial charge < -0.3 is 15.4 Å². The lowest BCUT2D eigenvalue weighted by Gasteiger charge is -2.19. The molecule has 5 rings (SSSR count). The van der Waals surface area contributed by atoms with Gasteiger partial charge in [-0.1, -0.05) is 12.1 Å². The Morgan fingerprint density at radius 3 is 2.68 bits per heavy atom. The molecule has 2 saturated carbocycles. The van der Waals surface area contributed by atoms with Crippen LogP contribution in [0, 0.1) is 18.8 Å². The maximum atomic E-state index is 13.0. The zero-order chi connectivity index (χ0) is 26.3. The molecule has 0 spiro atoms. The van der Waals surface area contributed by atoms with Gasteiger partial charge in [0.2, 0.25) is 11.8 Å². The van der Waals surface area contributed by atoms with Crippen molar-refractivity contribution in [3.05, 3.63) is 47.9 Å². The average Bonchev–Trinajstić information content (AvgIpc) is 3.15. The van der Waals surface area contributed by atoms with Crippen LogP contribution in [0.3, 0.4) is 0 Å². The van der Waals surface area contributed by atoms with Crippen LogP contribution >= 0.6 is 11.3 Å². The zero-order valence-electron chi connectivity index (χ0n) is 21.2. The quantitative estimate of drug-likeness (QED) is 0.414. The molecule has 4 atom stereocenters. The van der Waals surface area contributed by atoms with Crippen LogP contribution in [-0.4, -0.2) is 39.2 Å². The molecule has 8 nitrogen and oxygen atoms in total. The lowest BCUT2D eigenvalue weighted by atomic mass is 10.0. The number of ketones is 1. The highest BCUT2D eigenvalue weighted by Gasteiger charge is 2.58. The molecule has 2 aliphatic rings. The monoisotopic (exact) mass is 518 g/mol. The Hall–Kier alpha value is -3.59. The van der Waals surface area contributed by atoms with E-state index in [4.69, 9.17) is 9.72 Å². The lowest BCUT2D eigenvalue weighted by molar-refractivity contribution is -0.130.